The monoisotopic (exact) mass is 441 g/mol. The molecule has 1 heterocycles. The quantitative estimate of drug-likeness (QED) is 0.612. The number of ether oxygens (including phenoxy) is 3. The smallest absolute Gasteiger partial charge is 0.411 e. The zero-order chi connectivity index (χ0) is 23.4. The summed E-state index contributed by atoms with van der Waals surface area (Å²) in [5.74, 6) is 0.205. The summed E-state index contributed by atoms with van der Waals surface area (Å²) in [4.78, 5) is 11.9. The highest BCUT2D eigenvalue weighted by atomic mass is 16.6. The Balaban J connectivity index is 1.99. The number of methoxy groups -OCH3 is 1. The average molecular weight is 442 g/mol. The summed E-state index contributed by atoms with van der Waals surface area (Å²) in [6.45, 7) is 11.2. The topological polar surface area (TPSA) is 87.7 Å². The first-order valence-electron chi connectivity index (χ1n) is 11.1. The Hall–Kier alpha value is -2.77. The van der Waals surface area contributed by atoms with Crippen LogP contribution in [0.3, 0.4) is 0 Å². The molecule has 1 aromatic carbocycles. The van der Waals surface area contributed by atoms with Gasteiger partial charge >= 0.3 is 6.09 Å². The van der Waals surface area contributed by atoms with E-state index >= 15 is 0 Å². The lowest BCUT2D eigenvalue weighted by Crippen LogP contribution is -2.39. The molecule has 1 aromatic heterocycles. The van der Waals surface area contributed by atoms with Gasteiger partial charge in [0.05, 0.1) is 36.8 Å². The number of aromatic nitrogens is 1. The van der Waals surface area contributed by atoms with Gasteiger partial charge in [-0.2, -0.15) is 0 Å². The number of benzene rings is 1. The van der Waals surface area contributed by atoms with Gasteiger partial charge < -0.3 is 24.5 Å². The highest BCUT2D eigenvalue weighted by Crippen LogP contribution is 2.28. The number of rotatable bonds is 8. The Kier molecular flexibility index (Phi) is 7.64. The van der Waals surface area contributed by atoms with Crippen LogP contribution in [-0.2, 0) is 14.2 Å². The van der Waals surface area contributed by atoms with Crippen LogP contribution in [0.5, 0.6) is 0 Å². The van der Waals surface area contributed by atoms with Crippen LogP contribution in [0, 0.1) is 5.92 Å². The third-order valence-corrected chi connectivity index (χ3v) is 5.45. The molecule has 7 heteroatoms. The molecule has 0 spiro atoms. The molecular formula is C25H35N3O4. The van der Waals surface area contributed by atoms with Crippen LogP contribution in [0.1, 0.15) is 40.7 Å². The van der Waals surface area contributed by atoms with E-state index in [2.05, 4.69) is 42.8 Å². The van der Waals surface area contributed by atoms with Gasteiger partial charge in [-0.15, -0.1) is 0 Å². The van der Waals surface area contributed by atoms with Crippen molar-refractivity contribution < 1.29 is 19.0 Å². The van der Waals surface area contributed by atoms with E-state index in [4.69, 9.17) is 19.9 Å². The lowest BCUT2D eigenvalue weighted by Gasteiger charge is -2.22. The zero-order valence-corrected chi connectivity index (χ0v) is 19.8. The molecule has 2 atom stereocenters. The molecule has 1 unspecified atom stereocenters. The Bertz CT molecular complexity index is 1050. The highest BCUT2D eigenvalue weighted by Gasteiger charge is 2.24. The number of carbonyl (C=O) groups is 1. The standard InChI is InChI=1S/C25H35N3O4/c1-15(2)28-21-14-22(31-12-11-30-6)17(5)13-20(21)23(26)24(28)18-7-9-19(10-8-18)27-25(29)32-16(3)4/h7-10,13-17,22H,11-12,26H2,1-6H3,(H,27,29)/t17-,22?/m0/s1. The summed E-state index contributed by atoms with van der Waals surface area (Å²) in [6, 6.07) is 7.86. The lowest BCUT2D eigenvalue weighted by atomic mass is 9.98. The van der Waals surface area contributed by atoms with Crippen LogP contribution >= 0.6 is 0 Å². The number of nitrogens with two attached hydrogens (primary N) is 1. The van der Waals surface area contributed by atoms with Crippen molar-refractivity contribution in [2.24, 2.45) is 5.92 Å². The number of hydrogen-bond acceptors (Lipinski definition) is 5. The molecule has 0 saturated carbocycles. The van der Waals surface area contributed by atoms with E-state index < -0.39 is 6.09 Å². The van der Waals surface area contributed by atoms with Crippen LogP contribution in [0.2, 0.25) is 0 Å². The van der Waals surface area contributed by atoms with Crippen molar-refractivity contribution in [1.82, 2.24) is 4.57 Å². The van der Waals surface area contributed by atoms with E-state index in [0.717, 1.165) is 27.5 Å². The van der Waals surface area contributed by atoms with Gasteiger partial charge in [0.15, 0.2) is 0 Å². The number of nitrogens with one attached hydrogen (secondary N) is 1. The fourth-order valence-electron chi connectivity index (χ4n) is 4.03. The molecule has 0 saturated heterocycles. The van der Waals surface area contributed by atoms with E-state index in [0.29, 0.717) is 18.9 Å². The summed E-state index contributed by atoms with van der Waals surface area (Å²) >= 11 is 0. The van der Waals surface area contributed by atoms with Crippen LogP contribution in [0.15, 0.2) is 24.3 Å². The molecule has 3 rings (SSSR count). The summed E-state index contributed by atoms with van der Waals surface area (Å²) < 4.78 is 18.6. The third kappa shape index (κ3) is 5.16. The van der Waals surface area contributed by atoms with Gasteiger partial charge in [0.2, 0.25) is 0 Å². The summed E-state index contributed by atoms with van der Waals surface area (Å²) in [6.07, 6.45) is 3.70. The lowest BCUT2D eigenvalue weighted by molar-refractivity contribution is 0.0337. The van der Waals surface area contributed by atoms with Gasteiger partial charge in [0.25, 0.3) is 0 Å². The molecule has 0 radical (unpaired) electrons. The normalized spacial score (nSPS) is 17.6. The molecule has 0 bridgehead atoms. The predicted octanol–water partition coefficient (Wildman–Crippen LogP) is 3.52. The van der Waals surface area contributed by atoms with Gasteiger partial charge in [-0.3, -0.25) is 5.32 Å². The second-order valence-corrected chi connectivity index (χ2v) is 8.70. The fraction of sp³-hybridized carbons (Fsp3) is 0.480. The highest BCUT2D eigenvalue weighted by molar-refractivity contribution is 5.85. The Morgan fingerprint density at radius 2 is 1.81 bits per heavy atom. The summed E-state index contributed by atoms with van der Waals surface area (Å²) in [5, 5.41) is 4.88. The van der Waals surface area contributed by atoms with Crippen LogP contribution in [0.25, 0.3) is 23.4 Å². The van der Waals surface area contributed by atoms with Gasteiger partial charge in [0, 0.05) is 40.9 Å². The molecule has 174 valence electrons. The van der Waals surface area contributed by atoms with Crippen molar-refractivity contribution in [2.45, 2.75) is 52.9 Å². The Morgan fingerprint density at radius 3 is 2.41 bits per heavy atom. The number of carbonyl (C=O) groups excluding carboxylic acids is 1. The van der Waals surface area contributed by atoms with Crippen molar-refractivity contribution in [1.29, 1.82) is 0 Å². The number of nitrogen functional groups attached to an aromatic ring is 1. The first kappa shape index (κ1) is 23.9. The first-order valence-corrected chi connectivity index (χ1v) is 11.1. The number of nitrogens with zero attached hydrogens (tertiary/aromatic N) is 1. The summed E-state index contributed by atoms with van der Waals surface area (Å²) in [7, 11) is 1.67. The van der Waals surface area contributed by atoms with Crippen LogP contribution in [0.4, 0.5) is 16.2 Å². The predicted molar refractivity (Wildman–Crippen MR) is 129 cm³/mol. The molecule has 3 N–H and O–H groups in total. The molecule has 7 nitrogen and oxygen atoms in total. The SMILES string of the molecule is COCCOC1C=c2c(c(N)c(-c3ccc(NC(=O)OC(C)C)cc3)n2C(C)C)=C[C@@H]1C. The van der Waals surface area contributed by atoms with Gasteiger partial charge in [0.1, 0.15) is 0 Å². The van der Waals surface area contributed by atoms with Crippen molar-refractivity contribution in [3.63, 3.8) is 0 Å². The largest absolute Gasteiger partial charge is 0.447 e. The minimum atomic E-state index is -0.467. The second kappa shape index (κ2) is 10.2. The molecule has 1 amide bonds. The van der Waals surface area contributed by atoms with Crippen molar-refractivity contribution in [3.05, 3.63) is 34.8 Å². The van der Waals surface area contributed by atoms with E-state index in [1.165, 1.54) is 0 Å². The van der Waals surface area contributed by atoms with Crippen LogP contribution < -0.4 is 21.6 Å². The minimum absolute atomic E-state index is 0.0316. The maximum absolute atomic E-state index is 11.9. The number of anilines is 2. The van der Waals surface area contributed by atoms with Crippen molar-refractivity contribution in [2.75, 3.05) is 31.4 Å². The van der Waals surface area contributed by atoms with Gasteiger partial charge in [-0.1, -0.05) is 25.1 Å². The van der Waals surface area contributed by atoms with E-state index in [-0.39, 0.29) is 24.2 Å². The Morgan fingerprint density at radius 1 is 1.12 bits per heavy atom. The van der Waals surface area contributed by atoms with Gasteiger partial charge in [-0.05, 0) is 45.9 Å². The Labute approximate surface area is 189 Å². The minimum Gasteiger partial charge on any atom is -0.447 e. The third-order valence-electron chi connectivity index (χ3n) is 5.45. The fourth-order valence-corrected chi connectivity index (χ4v) is 4.03. The van der Waals surface area contributed by atoms with Crippen molar-refractivity contribution >= 4 is 29.6 Å². The maximum Gasteiger partial charge on any atom is 0.411 e. The van der Waals surface area contributed by atoms with E-state index in [1.54, 1.807) is 7.11 Å². The van der Waals surface area contributed by atoms with Gasteiger partial charge in [-0.25, -0.2) is 4.79 Å². The molecular weight excluding hydrogens is 406 g/mol. The number of amides is 1. The maximum atomic E-state index is 11.9. The molecule has 0 aliphatic heterocycles. The van der Waals surface area contributed by atoms with Crippen LogP contribution in [-0.4, -0.2) is 43.2 Å². The second-order valence-electron chi connectivity index (χ2n) is 8.70. The molecule has 0 fully saturated rings. The summed E-state index contributed by atoms with van der Waals surface area (Å²) in [5.41, 5.74) is 10.1. The number of hydrogen-bond donors (Lipinski definition) is 2. The molecule has 1 aliphatic carbocycles. The van der Waals surface area contributed by atoms with E-state index in [1.807, 2.05) is 38.1 Å². The average Bonchev–Trinajstić information content (AvgIpc) is 3.00. The van der Waals surface area contributed by atoms with E-state index in [9.17, 15) is 4.79 Å². The molecule has 1 aliphatic rings. The van der Waals surface area contributed by atoms with Crippen molar-refractivity contribution in [3.8, 4) is 11.3 Å². The zero-order valence-electron chi connectivity index (χ0n) is 19.8. The number of fused-ring (bicyclic) bond motifs is 1. The molecule has 32 heavy (non-hydrogen) atoms. The first-order chi connectivity index (χ1) is 15.2. The molecule has 2 aromatic rings.